The first-order valence-electron chi connectivity index (χ1n) is 5.86. The number of hydrogen-bond acceptors (Lipinski definition) is 2. The maximum Gasteiger partial charge on any atom is 0.00964 e. The normalized spacial score (nSPS) is 37.6. The molecule has 13 heavy (non-hydrogen) atoms. The number of nitrogens with zero attached hydrogens (tertiary/aromatic N) is 1. The molecule has 2 heteroatoms. The van der Waals surface area contributed by atoms with Crippen LogP contribution in [0.2, 0.25) is 0 Å². The molecular weight excluding hydrogens is 160 g/mol. The lowest BCUT2D eigenvalue weighted by Crippen LogP contribution is -2.43. The van der Waals surface area contributed by atoms with Crippen molar-refractivity contribution in [3.8, 4) is 0 Å². The Morgan fingerprint density at radius 1 is 0.846 bits per heavy atom. The fourth-order valence-electron chi connectivity index (χ4n) is 2.75. The van der Waals surface area contributed by atoms with Crippen LogP contribution in [0.5, 0.6) is 0 Å². The molecule has 0 atom stereocenters. The van der Waals surface area contributed by atoms with Gasteiger partial charge in [0.2, 0.25) is 0 Å². The van der Waals surface area contributed by atoms with Crippen LogP contribution in [0.25, 0.3) is 0 Å². The SMILES string of the molecule is NC1CCC(N2CCCCC2)CC1. The third-order valence-electron chi connectivity index (χ3n) is 3.65. The highest BCUT2D eigenvalue weighted by Gasteiger charge is 2.24. The predicted octanol–water partition coefficient (Wildman–Crippen LogP) is 1.74. The van der Waals surface area contributed by atoms with E-state index in [1.54, 1.807) is 0 Å². The van der Waals surface area contributed by atoms with Gasteiger partial charge in [0.1, 0.15) is 0 Å². The Bertz CT molecular complexity index is 144. The van der Waals surface area contributed by atoms with Crippen LogP contribution in [0.4, 0.5) is 0 Å². The van der Waals surface area contributed by atoms with Gasteiger partial charge in [0, 0.05) is 12.1 Å². The molecule has 1 saturated heterocycles. The summed E-state index contributed by atoms with van der Waals surface area (Å²) in [5.74, 6) is 0. The maximum absolute atomic E-state index is 5.91. The molecule has 0 bridgehead atoms. The highest BCUT2D eigenvalue weighted by molar-refractivity contribution is 4.82. The van der Waals surface area contributed by atoms with Crippen molar-refractivity contribution in [3.05, 3.63) is 0 Å². The molecule has 2 nitrogen and oxygen atoms in total. The smallest absolute Gasteiger partial charge is 0.00964 e. The maximum atomic E-state index is 5.91. The van der Waals surface area contributed by atoms with Crippen molar-refractivity contribution >= 4 is 0 Å². The second-order valence-electron chi connectivity index (χ2n) is 4.67. The van der Waals surface area contributed by atoms with Crippen LogP contribution < -0.4 is 5.73 Å². The third-order valence-corrected chi connectivity index (χ3v) is 3.65. The molecule has 0 aromatic heterocycles. The van der Waals surface area contributed by atoms with Crippen LogP contribution in [0.15, 0.2) is 0 Å². The zero-order valence-electron chi connectivity index (χ0n) is 8.54. The quantitative estimate of drug-likeness (QED) is 0.669. The first-order chi connectivity index (χ1) is 6.36. The summed E-state index contributed by atoms with van der Waals surface area (Å²) in [6, 6.07) is 1.38. The van der Waals surface area contributed by atoms with E-state index >= 15 is 0 Å². The topological polar surface area (TPSA) is 29.3 Å². The van der Waals surface area contributed by atoms with Crippen LogP contribution in [-0.2, 0) is 0 Å². The van der Waals surface area contributed by atoms with E-state index in [1.165, 1.54) is 58.0 Å². The molecule has 0 amide bonds. The molecule has 1 aliphatic carbocycles. The largest absolute Gasteiger partial charge is 0.328 e. The van der Waals surface area contributed by atoms with Crippen LogP contribution in [0.1, 0.15) is 44.9 Å². The Balaban J connectivity index is 1.79. The summed E-state index contributed by atoms with van der Waals surface area (Å²) in [7, 11) is 0. The summed E-state index contributed by atoms with van der Waals surface area (Å²) in [6.45, 7) is 2.69. The molecule has 2 fully saturated rings. The highest BCUT2D eigenvalue weighted by atomic mass is 15.2. The van der Waals surface area contributed by atoms with Crippen molar-refractivity contribution in [2.45, 2.75) is 57.0 Å². The molecule has 1 heterocycles. The van der Waals surface area contributed by atoms with Crippen molar-refractivity contribution in [2.75, 3.05) is 13.1 Å². The average Bonchev–Trinajstić information content (AvgIpc) is 2.20. The lowest BCUT2D eigenvalue weighted by molar-refractivity contribution is 0.125. The lowest BCUT2D eigenvalue weighted by atomic mass is 9.90. The van der Waals surface area contributed by atoms with Crippen molar-refractivity contribution in [1.29, 1.82) is 0 Å². The number of piperidine rings is 1. The summed E-state index contributed by atoms with van der Waals surface area (Å²) in [6.07, 6.45) is 9.48. The van der Waals surface area contributed by atoms with E-state index in [1.807, 2.05) is 0 Å². The van der Waals surface area contributed by atoms with Gasteiger partial charge in [0.15, 0.2) is 0 Å². The van der Waals surface area contributed by atoms with E-state index < -0.39 is 0 Å². The van der Waals surface area contributed by atoms with Gasteiger partial charge in [0.25, 0.3) is 0 Å². The molecule has 1 saturated carbocycles. The second-order valence-corrected chi connectivity index (χ2v) is 4.67. The van der Waals surface area contributed by atoms with Gasteiger partial charge >= 0.3 is 0 Å². The van der Waals surface area contributed by atoms with Crippen LogP contribution in [0, 0.1) is 0 Å². The van der Waals surface area contributed by atoms with Gasteiger partial charge in [0.05, 0.1) is 0 Å². The molecule has 0 unspecified atom stereocenters. The highest BCUT2D eigenvalue weighted by Crippen LogP contribution is 2.24. The number of nitrogens with two attached hydrogens (primary N) is 1. The Kier molecular flexibility index (Phi) is 3.23. The van der Waals surface area contributed by atoms with E-state index in [0.717, 1.165) is 6.04 Å². The van der Waals surface area contributed by atoms with Gasteiger partial charge in [-0.3, -0.25) is 0 Å². The standard InChI is InChI=1S/C11H22N2/c12-10-4-6-11(7-5-10)13-8-2-1-3-9-13/h10-11H,1-9,12H2. The van der Waals surface area contributed by atoms with Gasteiger partial charge in [-0.1, -0.05) is 6.42 Å². The Hall–Kier alpha value is -0.0800. The van der Waals surface area contributed by atoms with E-state index in [-0.39, 0.29) is 0 Å². The van der Waals surface area contributed by atoms with Crippen LogP contribution in [0.3, 0.4) is 0 Å². The van der Waals surface area contributed by atoms with Crippen LogP contribution in [-0.4, -0.2) is 30.1 Å². The van der Waals surface area contributed by atoms with E-state index in [2.05, 4.69) is 4.90 Å². The predicted molar refractivity (Wildman–Crippen MR) is 55.7 cm³/mol. The van der Waals surface area contributed by atoms with Gasteiger partial charge in [-0.15, -0.1) is 0 Å². The Morgan fingerprint density at radius 3 is 2.08 bits per heavy atom. The molecule has 0 spiro atoms. The van der Waals surface area contributed by atoms with Crippen molar-refractivity contribution in [2.24, 2.45) is 5.73 Å². The number of likely N-dealkylation sites (tertiary alicyclic amines) is 1. The van der Waals surface area contributed by atoms with Gasteiger partial charge in [-0.25, -0.2) is 0 Å². The minimum Gasteiger partial charge on any atom is -0.328 e. The molecule has 76 valence electrons. The molecule has 2 N–H and O–H groups in total. The molecule has 1 aliphatic heterocycles. The number of rotatable bonds is 1. The number of hydrogen-bond donors (Lipinski definition) is 1. The fraction of sp³-hybridized carbons (Fsp3) is 1.00. The van der Waals surface area contributed by atoms with Gasteiger partial charge < -0.3 is 10.6 Å². The summed E-state index contributed by atoms with van der Waals surface area (Å²) in [4.78, 5) is 2.70. The average molecular weight is 182 g/mol. The third kappa shape index (κ3) is 2.44. The zero-order chi connectivity index (χ0) is 9.10. The fourth-order valence-corrected chi connectivity index (χ4v) is 2.75. The lowest BCUT2D eigenvalue weighted by Gasteiger charge is -2.38. The van der Waals surface area contributed by atoms with E-state index in [0.29, 0.717) is 6.04 Å². The zero-order valence-corrected chi connectivity index (χ0v) is 8.54. The van der Waals surface area contributed by atoms with Crippen molar-refractivity contribution in [3.63, 3.8) is 0 Å². The minimum absolute atomic E-state index is 0.501. The van der Waals surface area contributed by atoms with Crippen LogP contribution >= 0.6 is 0 Å². The second kappa shape index (κ2) is 4.43. The molecule has 0 aromatic rings. The molecule has 0 aromatic carbocycles. The first-order valence-corrected chi connectivity index (χ1v) is 5.86. The van der Waals surface area contributed by atoms with Crippen molar-refractivity contribution in [1.82, 2.24) is 4.90 Å². The molecule has 0 radical (unpaired) electrons. The van der Waals surface area contributed by atoms with E-state index in [9.17, 15) is 0 Å². The molecular formula is C11H22N2. The summed E-state index contributed by atoms with van der Waals surface area (Å²) in [5, 5.41) is 0. The summed E-state index contributed by atoms with van der Waals surface area (Å²) >= 11 is 0. The van der Waals surface area contributed by atoms with Crippen molar-refractivity contribution < 1.29 is 0 Å². The van der Waals surface area contributed by atoms with Gasteiger partial charge in [-0.05, 0) is 51.6 Å². The summed E-state index contributed by atoms with van der Waals surface area (Å²) in [5.41, 5.74) is 5.91. The Morgan fingerprint density at radius 2 is 1.46 bits per heavy atom. The monoisotopic (exact) mass is 182 g/mol. The van der Waals surface area contributed by atoms with E-state index in [4.69, 9.17) is 5.73 Å². The first kappa shape index (κ1) is 9.47. The summed E-state index contributed by atoms with van der Waals surface area (Å²) < 4.78 is 0. The molecule has 2 rings (SSSR count). The minimum atomic E-state index is 0.501. The Labute approximate surface area is 81.5 Å². The van der Waals surface area contributed by atoms with Gasteiger partial charge in [-0.2, -0.15) is 0 Å². The molecule has 2 aliphatic rings.